The number of aromatic nitrogens is 3. The summed E-state index contributed by atoms with van der Waals surface area (Å²) < 4.78 is 13.1. The Morgan fingerprint density at radius 3 is 2.88 bits per heavy atom. The summed E-state index contributed by atoms with van der Waals surface area (Å²) in [6, 6.07) is 9.45. The fourth-order valence-electron chi connectivity index (χ4n) is 1.000. The molecule has 0 amide bonds. The van der Waals surface area contributed by atoms with E-state index in [1.54, 1.807) is 4.09 Å². The summed E-state index contributed by atoms with van der Waals surface area (Å²) in [5.74, 6) is 6.55. The van der Waals surface area contributed by atoms with Gasteiger partial charge in [0.05, 0.1) is 0 Å². The van der Waals surface area contributed by atoms with E-state index in [2.05, 4.69) is 4.51 Å². The molecule has 0 aliphatic rings. The van der Waals surface area contributed by atoms with Crippen molar-refractivity contribution < 1.29 is 9.63 Å². The fourth-order valence-corrected chi connectivity index (χ4v) is 5.04. The van der Waals surface area contributed by atoms with Gasteiger partial charge in [-0.3, -0.25) is 4.09 Å². The van der Waals surface area contributed by atoms with Crippen LogP contribution in [0, 0.1) is 0 Å². The molecule has 0 bridgehead atoms. The molecule has 0 fully saturated rings. The second kappa shape index (κ2) is 5.53. The van der Waals surface area contributed by atoms with E-state index in [4.69, 9.17) is 15.5 Å². The number of benzene rings is 1. The van der Waals surface area contributed by atoms with Gasteiger partial charge in [-0.25, -0.2) is 5.84 Å². The van der Waals surface area contributed by atoms with Crippen molar-refractivity contribution >= 4 is 25.1 Å². The van der Waals surface area contributed by atoms with Crippen LogP contribution in [0.1, 0.15) is 0 Å². The van der Waals surface area contributed by atoms with Crippen LogP contribution in [-0.2, 0) is 6.73 Å². The maximum atomic E-state index is 8.93. The van der Waals surface area contributed by atoms with E-state index >= 15 is 0 Å². The summed E-state index contributed by atoms with van der Waals surface area (Å²) in [5, 5.41) is 8.93. The van der Waals surface area contributed by atoms with Crippen LogP contribution in [0.4, 0.5) is 0 Å². The molecule has 0 aliphatic heterocycles. The van der Waals surface area contributed by atoms with Gasteiger partial charge in [0, 0.05) is 8.51 Å². The molecule has 0 spiro atoms. The number of para-hydroxylation sites is 1. The van der Waals surface area contributed by atoms with Crippen LogP contribution >= 0.6 is 25.1 Å². The van der Waals surface area contributed by atoms with Crippen molar-refractivity contribution in [2.45, 2.75) is 6.73 Å². The van der Waals surface area contributed by atoms with Crippen LogP contribution in [0.15, 0.2) is 30.3 Å². The molecule has 2 aromatic rings. The second-order valence-electron chi connectivity index (χ2n) is 2.82. The Balaban J connectivity index is 2.22. The van der Waals surface area contributed by atoms with Crippen molar-refractivity contribution in [3.05, 3.63) is 30.3 Å². The largest absolute Gasteiger partial charge is 0.415 e. The Labute approximate surface area is 96.7 Å². The monoisotopic (exact) mass is 276 g/mol. The van der Waals surface area contributed by atoms with E-state index in [1.807, 2.05) is 30.3 Å². The molecule has 0 saturated carbocycles. The van der Waals surface area contributed by atoms with Crippen LogP contribution in [0.25, 0.3) is 0 Å². The van der Waals surface area contributed by atoms with Gasteiger partial charge in [0.25, 0.3) is 8.08 Å². The van der Waals surface area contributed by atoms with Gasteiger partial charge in [-0.1, -0.05) is 18.2 Å². The van der Waals surface area contributed by atoms with Crippen molar-refractivity contribution in [3.8, 4) is 5.75 Å². The quantitative estimate of drug-likeness (QED) is 0.839. The Hall–Kier alpha value is -0.760. The topological polar surface area (TPSA) is 78.2 Å². The Kier molecular flexibility index (Phi) is 4.05. The van der Waals surface area contributed by atoms with Crippen LogP contribution in [-0.4, -0.2) is 17.9 Å². The lowest BCUT2D eigenvalue weighted by Gasteiger charge is -2.10. The van der Waals surface area contributed by atoms with Crippen molar-refractivity contribution in [3.63, 3.8) is 0 Å². The Bertz CT molecular complexity index is 484. The smallest absolute Gasteiger partial charge is 0.281 e. The molecular formula is C7H11N4O2P3. The highest BCUT2D eigenvalue weighted by molar-refractivity contribution is 7.51. The van der Waals surface area contributed by atoms with E-state index in [-0.39, 0.29) is 15.2 Å². The summed E-state index contributed by atoms with van der Waals surface area (Å²) >= 11 is 0. The first-order valence-electron chi connectivity index (χ1n) is 4.44. The first-order valence-corrected chi connectivity index (χ1v) is 7.29. The number of nitrogen functional groups attached to an aromatic ring is 1. The highest BCUT2D eigenvalue weighted by atomic mass is 31.2. The molecule has 6 nitrogen and oxygen atoms in total. The number of hydrogen-bond acceptors (Lipinski definition) is 4. The Morgan fingerprint density at radius 2 is 2.25 bits per heavy atom. The molecule has 86 valence electrons. The number of nitrogens with two attached hydrogens (primary N) is 1. The molecule has 2 atom stereocenters. The lowest BCUT2D eigenvalue weighted by molar-refractivity contribution is 0.232. The summed E-state index contributed by atoms with van der Waals surface area (Å²) in [4.78, 5) is 0. The minimum Gasteiger partial charge on any atom is -0.415 e. The number of rotatable bonds is 3. The van der Waals surface area contributed by atoms with Crippen molar-refractivity contribution in [2.75, 3.05) is 5.84 Å². The van der Waals surface area contributed by atoms with Gasteiger partial charge in [-0.2, -0.15) is 4.20 Å². The van der Waals surface area contributed by atoms with Gasteiger partial charge in [-0.05, 0) is 12.1 Å². The molecule has 0 aliphatic carbocycles. The molecule has 0 radical (unpaired) electrons. The zero-order valence-corrected chi connectivity index (χ0v) is 11.1. The summed E-state index contributed by atoms with van der Waals surface area (Å²) in [5.41, 5.74) is 0. The molecular weight excluding hydrogens is 265 g/mol. The minimum absolute atomic E-state index is 0.0499. The lowest BCUT2D eigenvalue weighted by atomic mass is 10.3. The molecule has 16 heavy (non-hydrogen) atoms. The third-order valence-electron chi connectivity index (χ3n) is 1.69. The molecule has 9 heteroatoms. The third-order valence-corrected chi connectivity index (χ3v) is 5.60. The molecule has 2 unspecified atom stereocenters. The summed E-state index contributed by atoms with van der Waals surface area (Å²) in [7, 11) is -0.262. The predicted octanol–water partition coefficient (Wildman–Crippen LogP) is 1.91. The first kappa shape index (κ1) is 11.7. The van der Waals surface area contributed by atoms with E-state index in [0.717, 1.165) is 5.75 Å². The van der Waals surface area contributed by atoms with Gasteiger partial charge < -0.3 is 9.63 Å². The van der Waals surface area contributed by atoms with E-state index < -0.39 is 8.08 Å². The van der Waals surface area contributed by atoms with Crippen molar-refractivity contribution in [1.29, 1.82) is 0 Å². The number of aliphatic hydroxyl groups excluding tert-OH is 1. The van der Waals surface area contributed by atoms with Gasteiger partial charge in [-0.15, -0.1) is 4.51 Å². The highest BCUT2D eigenvalue weighted by Crippen LogP contribution is 2.30. The maximum Gasteiger partial charge on any atom is 0.281 e. The maximum absolute atomic E-state index is 8.93. The number of aliphatic hydroxyl groups is 1. The SMILES string of the molecule is Nn1[pH]n(CO)pnp1Oc1ccccc1. The Morgan fingerprint density at radius 1 is 1.50 bits per heavy atom. The molecule has 0 saturated heterocycles. The lowest BCUT2D eigenvalue weighted by Crippen LogP contribution is -2.07. The van der Waals surface area contributed by atoms with Crippen LogP contribution in [0.3, 0.4) is 0 Å². The predicted molar refractivity (Wildman–Crippen MR) is 67.4 cm³/mol. The second-order valence-corrected chi connectivity index (χ2v) is 7.29. The average molecular weight is 276 g/mol. The minimum atomic E-state index is -1.16. The highest BCUT2D eigenvalue weighted by Gasteiger charge is 2.01. The number of hydrogen-bond donors (Lipinski definition) is 2. The molecule has 1 aromatic carbocycles. The van der Waals surface area contributed by atoms with Crippen molar-refractivity contribution in [2.24, 2.45) is 0 Å². The van der Waals surface area contributed by atoms with Crippen LogP contribution in [0.2, 0.25) is 0 Å². The van der Waals surface area contributed by atoms with Gasteiger partial charge in [0.2, 0.25) is 0 Å². The van der Waals surface area contributed by atoms with E-state index in [0.29, 0.717) is 8.51 Å². The molecule has 2 rings (SSSR count). The summed E-state index contributed by atoms with van der Waals surface area (Å²) in [6.45, 7) is -0.0499. The van der Waals surface area contributed by atoms with Crippen LogP contribution in [0.5, 0.6) is 5.75 Å². The van der Waals surface area contributed by atoms with Gasteiger partial charge in [0.15, 0.2) is 0 Å². The molecule has 3 N–H and O–H groups in total. The standard InChI is InChI=1S/C7H11N4O2P3/c8-11-15-10(6-12)14-9-16(11)13-7-4-2-1-3-5-7/h1-5,12,15H,6,8H2. The van der Waals surface area contributed by atoms with Gasteiger partial charge >= 0.3 is 0 Å². The van der Waals surface area contributed by atoms with Crippen molar-refractivity contribution in [1.82, 2.24) is 12.8 Å². The van der Waals surface area contributed by atoms with Gasteiger partial charge in [0.1, 0.15) is 21.0 Å². The zero-order valence-electron chi connectivity index (χ0n) is 8.26. The normalized spacial score (nSPS) is 12.2. The number of nitrogens with zero attached hydrogens (tertiary/aromatic N) is 3. The van der Waals surface area contributed by atoms with Crippen LogP contribution < -0.4 is 10.4 Å². The average Bonchev–Trinajstić information content (AvgIpc) is 2.33. The van der Waals surface area contributed by atoms with E-state index in [9.17, 15) is 0 Å². The first-order chi connectivity index (χ1) is 7.79. The zero-order chi connectivity index (χ0) is 11.4. The summed E-state index contributed by atoms with van der Waals surface area (Å²) in [6.07, 6.45) is 0. The molecule has 1 heterocycles. The third kappa shape index (κ3) is 2.88. The van der Waals surface area contributed by atoms with E-state index in [1.165, 1.54) is 4.20 Å². The molecule has 1 aromatic heterocycles. The fraction of sp³-hybridized carbons (Fsp3) is 0.143.